The van der Waals surface area contributed by atoms with Crippen molar-refractivity contribution in [2.24, 2.45) is 0 Å². The smallest absolute Gasteiger partial charge is 0.274 e. The second kappa shape index (κ2) is 8.12. The minimum absolute atomic E-state index is 0.275. The highest BCUT2D eigenvalue weighted by Gasteiger charge is 2.17. The van der Waals surface area contributed by atoms with Gasteiger partial charge >= 0.3 is 0 Å². The maximum Gasteiger partial charge on any atom is 0.274 e. The first kappa shape index (κ1) is 19.4. The molecule has 7 nitrogen and oxygen atoms in total. The van der Waals surface area contributed by atoms with Crippen molar-refractivity contribution < 1.29 is 14.3 Å². The third-order valence-electron chi connectivity index (χ3n) is 4.47. The van der Waals surface area contributed by atoms with E-state index in [-0.39, 0.29) is 5.91 Å². The van der Waals surface area contributed by atoms with E-state index in [2.05, 4.69) is 21.6 Å². The predicted octanol–water partition coefficient (Wildman–Crippen LogP) is 3.14. The Hall–Kier alpha value is -3.35. The third kappa shape index (κ3) is 3.98. The van der Waals surface area contributed by atoms with E-state index in [0.717, 1.165) is 22.4 Å². The van der Waals surface area contributed by atoms with E-state index in [1.54, 1.807) is 21.1 Å². The summed E-state index contributed by atoms with van der Waals surface area (Å²) in [5.74, 6) is 0.986. The summed E-state index contributed by atoms with van der Waals surface area (Å²) in [6.07, 6.45) is 0. The highest BCUT2D eigenvalue weighted by molar-refractivity contribution is 5.93. The Bertz CT molecular complexity index is 1010. The van der Waals surface area contributed by atoms with E-state index < -0.39 is 0 Å². The summed E-state index contributed by atoms with van der Waals surface area (Å²) in [5.41, 5.74) is 4.84. The van der Waals surface area contributed by atoms with Gasteiger partial charge in [-0.25, -0.2) is 0 Å². The van der Waals surface area contributed by atoms with Crippen molar-refractivity contribution in [3.63, 3.8) is 0 Å². The Morgan fingerprint density at radius 3 is 2.43 bits per heavy atom. The first-order valence-electron chi connectivity index (χ1n) is 8.93. The van der Waals surface area contributed by atoms with Crippen molar-refractivity contribution in [1.29, 1.82) is 0 Å². The van der Waals surface area contributed by atoms with Crippen LogP contribution in [-0.2, 0) is 6.54 Å². The summed E-state index contributed by atoms with van der Waals surface area (Å²) in [6, 6.07) is 11.5. The quantitative estimate of drug-likeness (QED) is 0.711. The molecule has 0 atom stereocenters. The summed E-state index contributed by atoms with van der Waals surface area (Å²) >= 11 is 0. The molecule has 0 aliphatic rings. The van der Waals surface area contributed by atoms with Gasteiger partial charge in [-0.2, -0.15) is 9.90 Å². The average Bonchev–Trinajstić information content (AvgIpc) is 3.07. The fraction of sp³-hybridized carbons (Fsp3) is 0.286. The Labute approximate surface area is 164 Å². The van der Waals surface area contributed by atoms with Crippen LogP contribution in [-0.4, -0.2) is 35.1 Å². The summed E-state index contributed by atoms with van der Waals surface area (Å²) in [7, 11) is 3.16. The van der Waals surface area contributed by atoms with Crippen LogP contribution in [0.25, 0.3) is 5.69 Å². The second-order valence-corrected chi connectivity index (χ2v) is 6.59. The monoisotopic (exact) mass is 380 g/mol. The lowest BCUT2D eigenvalue weighted by molar-refractivity contribution is 0.0945. The van der Waals surface area contributed by atoms with Gasteiger partial charge in [0, 0.05) is 6.54 Å². The van der Waals surface area contributed by atoms with E-state index in [4.69, 9.17) is 9.47 Å². The van der Waals surface area contributed by atoms with Crippen LogP contribution < -0.4 is 14.8 Å². The number of aromatic nitrogens is 3. The SMILES string of the molecule is COc1ccc(CNC(=O)c2nn(-c3ccc(C)cc3C)nc2C)cc1OC. The Morgan fingerprint density at radius 1 is 1.00 bits per heavy atom. The van der Waals surface area contributed by atoms with E-state index in [1.165, 1.54) is 4.80 Å². The van der Waals surface area contributed by atoms with Crippen LogP contribution in [0.3, 0.4) is 0 Å². The molecule has 1 aromatic heterocycles. The summed E-state index contributed by atoms with van der Waals surface area (Å²) < 4.78 is 10.5. The van der Waals surface area contributed by atoms with Crippen molar-refractivity contribution >= 4 is 5.91 Å². The maximum atomic E-state index is 12.6. The van der Waals surface area contributed by atoms with Crippen LogP contribution in [0.5, 0.6) is 11.5 Å². The molecular formula is C21H24N4O3. The van der Waals surface area contributed by atoms with Crippen LogP contribution >= 0.6 is 0 Å². The minimum atomic E-state index is -0.275. The molecule has 3 aromatic rings. The van der Waals surface area contributed by atoms with E-state index in [9.17, 15) is 4.79 Å². The number of aryl methyl sites for hydroxylation is 3. The Morgan fingerprint density at radius 2 is 1.75 bits per heavy atom. The Kier molecular flexibility index (Phi) is 5.63. The molecule has 0 spiro atoms. The van der Waals surface area contributed by atoms with Crippen LogP contribution in [0.15, 0.2) is 36.4 Å². The molecule has 0 unspecified atom stereocenters. The molecule has 146 valence electrons. The van der Waals surface area contributed by atoms with Gasteiger partial charge in [0.15, 0.2) is 17.2 Å². The number of rotatable bonds is 6. The van der Waals surface area contributed by atoms with Crippen molar-refractivity contribution in [1.82, 2.24) is 20.3 Å². The second-order valence-electron chi connectivity index (χ2n) is 6.59. The first-order valence-corrected chi connectivity index (χ1v) is 8.93. The number of carbonyl (C=O) groups excluding carboxylic acids is 1. The summed E-state index contributed by atoms with van der Waals surface area (Å²) in [6.45, 7) is 6.15. The van der Waals surface area contributed by atoms with Gasteiger partial charge in [0.2, 0.25) is 0 Å². The van der Waals surface area contributed by atoms with Crippen molar-refractivity contribution in [3.05, 3.63) is 64.5 Å². The molecule has 0 fully saturated rings. The molecule has 0 radical (unpaired) electrons. The number of nitrogens with one attached hydrogen (secondary N) is 1. The summed E-state index contributed by atoms with van der Waals surface area (Å²) in [5, 5.41) is 11.7. The number of benzene rings is 2. The van der Waals surface area contributed by atoms with E-state index >= 15 is 0 Å². The van der Waals surface area contributed by atoms with Crippen molar-refractivity contribution in [2.75, 3.05) is 14.2 Å². The highest BCUT2D eigenvalue weighted by atomic mass is 16.5. The van der Waals surface area contributed by atoms with Gasteiger partial charge in [0.25, 0.3) is 5.91 Å². The lowest BCUT2D eigenvalue weighted by atomic mass is 10.1. The number of ether oxygens (including phenoxy) is 2. The minimum Gasteiger partial charge on any atom is -0.493 e. The first-order chi connectivity index (χ1) is 13.4. The van der Waals surface area contributed by atoms with Gasteiger partial charge in [-0.3, -0.25) is 4.79 Å². The summed E-state index contributed by atoms with van der Waals surface area (Å²) in [4.78, 5) is 14.1. The van der Waals surface area contributed by atoms with Gasteiger partial charge in [-0.05, 0) is 50.1 Å². The molecule has 1 heterocycles. The van der Waals surface area contributed by atoms with Gasteiger partial charge in [0.1, 0.15) is 0 Å². The molecule has 0 saturated heterocycles. The van der Waals surface area contributed by atoms with Gasteiger partial charge in [-0.1, -0.05) is 23.8 Å². The van der Waals surface area contributed by atoms with E-state index in [1.807, 2.05) is 44.2 Å². The van der Waals surface area contributed by atoms with Gasteiger partial charge in [0.05, 0.1) is 25.6 Å². The number of nitrogens with zero attached hydrogens (tertiary/aromatic N) is 3. The number of amides is 1. The zero-order valence-electron chi connectivity index (χ0n) is 16.7. The van der Waals surface area contributed by atoms with Crippen LogP contribution in [0.4, 0.5) is 0 Å². The van der Waals surface area contributed by atoms with Crippen molar-refractivity contribution in [3.8, 4) is 17.2 Å². The van der Waals surface area contributed by atoms with Crippen molar-refractivity contribution in [2.45, 2.75) is 27.3 Å². The molecule has 7 heteroatoms. The van der Waals surface area contributed by atoms with Crippen LogP contribution in [0.2, 0.25) is 0 Å². The lowest BCUT2D eigenvalue weighted by Crippen LogP contribution is -2.24. The number of hydrogen-bond acceptors (Lipinski definition) is 5. The number of carbonyl (C=O) groups is 1. The fourth-order valence-electron chi connectivity index (χ4n) is 2.98. The Balaban J connectivity index is 1.76. The van der Waals surface area contributed by atoms with Gasteiger partial charge < -0.3 is 14.8 Å². The average molecular weight is 380 g/mol. The molecule has 2 aromatic carbocycles. The molecule has 0 aliphatic heterocycles. The zero-order valence-corrected chi connectivity index (χ0v) is 16.7. The third-order valence-corrected chi connectivity index (χ3v) is 4.47. The zero-order chi connectivity index (χ0) is 20.3. The largest absolute Gasteiger partial charge is 0.493 e. The molecule has 3 rings (SSSR count). The highest BCUT2D eigenvalue weighted by Crippen LogP contribution is 2.27. The van der Waals surface area contributed by atoms with Crippen LogP contribution in [0.1, 0.15) is 32.9 Å². The van der Waals surface area contributed by atoms with E-state index in [0.29, 0.717) is 29.4 Å². The predicted molar refractivity (Wildman–Crippen MR) is 106 cm³/mol. The molecule has 1 N–H and O–H groups in total. The molecule has 28 heavy (non-hydrogen) atoms. The lowest BCUT2D eigenvalue weighted by Gasteiger charge is -2.10. The number of methoxy groups -OCH3 is 2. The molecule has 0 saturated carbocycles. The van der Waals surface area contributed by atoms with Gasteiger partial charge in [-0.15, -0.1) is 5.10 Å². The molecule has 1 amide bonds. The van der Waals surface area contributed by atoms with Crippen LogP contribution in [0, 0.1) is 20.8 Å². The maximum absolute atomic E-state index is 12.6. The molecule has 0 aliphatic carbocycles. The fourth-order valence-corrected chi connectivity index (χ4v) is 2.98. The number of hydrogen-bond donors (Lipinski definition) is 1. The molecular weight excluding hydrogens is 356 g/mol. The topological polar surface area (TPSA) is 78.3 Å². The molecule has 0 bridgehead atoms. The normalized spacial score (nSPS) is 10.6. The standard InChI is InChI=1S/C21H24N4O3/c1-13-6-8-17(14(2)10-13)25-23-15(3)20(24-25)21(26)22-12-16-7-9-18(27-4)19(11-16)28-5/h6-11H,12H2,1-5H3,(H,22,26).